The van der Waals surface area contributed by atoms with E-state index in [2.05, 4.69) is 10.6 Å². The molecular formula is C16H12FN3O2. The van der Waals surface area contributed by atoms with Gasteiger partial charge in [0.15, 0.2) is 0 Å². The van der Waals surface area contributed by atoms with Gasteiger partial charge in [0.1, 0.15) is 17.6 Å². The number of amides is 1. The van der Waals surface area contributed by atoms with Crippen molar-refractivity contribution in [1.29, 1.82) is 5.26 Å². The number of hydrogen-bond acceptors (Lipinski definition) is 4. The first kappa shape index (κ1) is 13.9. The number of carbonyl (C=O) groups excluding carboxylic acids is 1. The largest absolute Gasteiger partial charge is 0.497 e. The summed E-state index contributed by atoms with van der Waals surface area (Å²) in [5.41, 5.74) is -0.411. The van der Waals surface area contributed by atoms with Crippen molar-refractivity contribution in [2.24, 2.45) is 0 Å². The van der Waals surface area contributed by atoms with E-state index in [-0.39, 0.29) is 5.56 Å². The van der Waals surface area contributed by atoms with Crippen LogP contribution in [-0.4, -0.2) is 13.0 Å². The topological polar surface area (TPSA) is 74.1 Å². The van der Waals surface area contributed by atoms with E-state index in [4.69, 9.17) is 4.74 Å². The van der Waals surface area contributed by atoms with Gasteiger partial charge in [-0.1, -0.05) is 0 Å². The van der Waals surface area contributed by atoms with Gasteiger partial charge in [0, 0.05) is 16.9 Å². The molecule has 0 radical (unpaired) electrons. The number of benzene rings is 2. The predicted octanol–water partition coefficient (Wildman–Crippen LogP) is 2.62. The number of carbonyl (C=O) groups is 1. The Morgan fingerprint density at radius 1 is 1.27 bits per heavy atom. The molecule has 0 aliphatic carbocycles. The van der Waals surface area contributed by atoms with Crippen molar-refractivity contribution >= 4 is 17.3 Å². The monoisotopic (exact) mass is 297 g/mol. The van der Waals surface area contributed by atoms with Gasteiger partial charge in [-0.2, -0.15) is 5.26 Å². The molecule has 5 nitrogen and oxygen atoms in total. The lowest BCUT2D eigenvalue weighted by Crippen LogP contribution is -2.40. The summed E-state index contributed by atoms with van der Waals surface area (Å²) in [7, 11) is 1.54. The summed E-state index contributed by atoms with van der Waals surface area (Å²) in [6.45, 7) is 0. The van der Waals surface area contributed by atoms with Crippen molar-refractivity contribution in [2.45, 2.75) is 5.54 Å². The zero-order chi connectivity index (χ0) is 15.7. The molecule has 6 heteroatoms. The molecule has 3 rings (SSSR count). The van der Waals surface area contributed by atoms with E-state index in [1.807, 2.05) is 6.07 Å². The number of nitrogens with zero attached hydrogens (tertiary/aromatic N) is 1. The molecule has 1 aliphatic rings. The normalized spacial score (nSPS) is 19.0. The summed E-state index contributed by atoms with van der Waals surface area (Å²) in [6, 6.07) is 12.6. The molecule has 110 valence electrons. The molecule has 0 saturated heterocycles. The van der Waals surface area contributed by atoms with Crippen LogP contribution in [-0.2, 0) is 10.3 Å². The summed E-state index contributed by atoms with van der Waals surface area (Å²) >= 11 is 0. The van der Waals surface area contributed by atoms with Crippen LogP contribution in [0.2, 0.25) is 0 Å². The van der Waals surface area contributed by atoms with E-state index >= 15 is 0 Å². The van der Waals surface area contributed by atoms with Crippen LogP contribution in [0.25, 0.3) is 0 Å². The molecule has 1 heterocycles. The van der Waals surface area contributed by atoms with Gasteiger partial charge in [-0.15, -0.1) is 0 Å². The Balaban J connectivity index is 2.04. The van der Waals surface area contributed by atoms with Crippen LogP contribution in [0.4, 0.5) is 15.8 Å². The Morgan fingerprint density at radius 3 is 2.64 bits per heavy atom. The quantitative estimate of drug-likeness (QED) is 0.913. The summed E-state index contributed by atoms with van der Waals surface area (Å²) in [5, 5.41) is 15.1. The fourth-order valence-electron chi connectivity index (χ4n) is 2.43. The zero-order valence-corrected chi connectivity index (χ0v) is 11.7. The molecule has 22 heavy (non-hydrogen) atoms. The summed E-state index contributed by atoms with van der Waals surface area (Å²) < 4.78 is 18.6. The zero-order valence-electron chi connectivity index (χ0n) is 11.7. The average molecular weight is 297 g/mol. The molecular weight excluding hydrogens is 285 g/mol. The summed E-state index contributed by atoms with van der Waals surface area (Å²) in [6.07, 6.45) is 0. The summed E-state index contributed by atoms with van der Waals surface area (Å²) in [5.74, 6) is -0.392. The van der Waals surface area contributed by atoms with Crippen LogP contribution in [0.5, 0.6) is 5.75 Å². The summed E-state index contributed by atoms with van der Waals surface area (Å²) in [4.78, 5) is 12.3. The maximum Gasteiger partial charge on any atom is 0.269 e. The van der Waals surface area contributed by atoms with Crippen molar-refractivity contribution in [3.63, 3.8) is 0 Å². The molecule has 1 atom stereocenters. The van der Waals surface area contributed by atoms with Crippen molar-refractivity contribution in [1.82, 2.24) is 0 Å². The number of ether oxygens (including phenoxy) is 1. The maximum absolute atomic E-state index is 13.5. The Kier molecular flexibility index (Phi) is 3.18. The third-order valence-electron chi connectivity index (χ3n) is 3.56. The minimum absolute atomic E-state index is 0.274. The van der Waals surface area contributed by atoms with E-state index < -0.39 is 17.3 Å². The molecule has 0 fully saturated rings. The smallest absolute Gasteiger partial charge is 0.269 e. The number of methoxy groups -OCH3 is 1. The first-order valence-corrected chi connectivity index (χ1v) is 6.54. The fraction of sp³-hybridized carbons (Fsp3) is 0.125. The maximum atomic E-state index is 13.5. The van der Waals surface area contributed by atoms with E-state index in [0.717, 1.165) is 0 Å². The third-order valence-corrected chi connectivity index (χ3v) is 3.56. The number of anilines is 2. The molecule has 2 N–H and O–H groups in total. The first-order chi connectivity index (χ1) is 10.6. The number of nitriles is 1. The van der Waals surface area contributed by atoms with Gasteiger partial charge >= 0.3 is 0 Å². The van der Waals surface area contributed by atoms with Crippen LogP contribution < -0.4 is 15.4 Å². The van der Waals surface area contributed by atoms with Gasteiger partial charge in [-0.05, 0) is 42.5 Å². The Hall–Kier alpha value is -3.07. The van der Waals surface area contributed by atoms with Gasteiger partial charge in [-0.25, -0.2) is 4.39 Å². The second kappa shape index (κ2) is 5.04. The Morgan fingerprint density at radius 2 is 2.00 bits per heavy atom. The molecule has 2 aromatic rings. The van der Waals surface area contributed by atoms with Crippen molar-refractivity contribution in [2.75, 3.05) is 17.7 Å². The van der Waals surface area contributed by atoms with Crippen molar-refractivity contribution < 1.29 is 13.9 Å². The van der Waals surface area contributed by atoms with Gasteiger partial charge in [-0.3, -0.25) is 4.79 Å². The van der Waals surface area contributed by atoms with Gasteiger partial charge in [0.05, 0.1) is 7.11 Å². The minimum Gasteiger partial charge on any atom is -0.497 e. The van der Waals surface area contributed by atoms with Crippen LogP contribution in [0, 0.1) is 17.1 Å². The fourth-order valence-corrected chi connectivity index (χ4v) is 2.43. The second-order valence-electron chi connectivity index (χ2n) is 4.86. The highest BCUT2D eigenvalue weighted by atomic mass is 19.1. The number of halogens is 1. The predicted molar refractivity (Wildman–Crippen MR) is 78.9 cm³/mol. The number of rotatable bonds is 3. The van der Waals surface area contributed by atoms with Crippen LogP contribution in [0.3, 0.4) is 0 Å². The molecule has 0 spiro atoms. The van der Waals surface area contributed by atoms with Gasteiger partial charge in [0.25, 0.3) is 5.91 Å². The van der Waals surface area contributed by atoms with Gasteiger partial charge in [0.2, 0.25) is 5.54 Å². The molecule has 2 aromatic carbocycles. The minimum atomic E-state index is -1.66. The number of nitrogens with one attached hydrogen (secondary N) is 2. The number of fused-ring (bicyclic) bond motifs is 1. The SMILES string of the molecule is COc1ccc(NC2(C#N)C(=O)Nc3ccc(F)cc32)cc1. The first-order valence-electron chi connectivity index (χ1n) is 6.54. The molecule has 0 aromatic heterocycles. The average Bonchev–Trinajstić information content (AvgIpc) is 2.80. The third kappa shape index (κ3) is 2.04. The van der Waals surface area contributed by atoms with E-state index in [1.54, 1.807) is 31.4 Å². The molecule has 1 aliphatic heterocycles. The lowest BCUT2D eigenvalue weighted by molar-refractivity contribution is -0.118. The Labute approximate surface area is 126 Å². The van der Waals surface area contributed by atoms with E-state index in [9.17, 15) is 14.4 Å². The molecule has 1 unspecified atom stereocenters. The van der Waals surface area contributed by atoms with Crippen LogP contribution in [0.1, 0.15) is 5.56 Å². The van der Waals surface area contributed by atoms with Crippen molar-refractivity contribution in [3.8, 4) is 11.8 Å². The van der Waals surface area contributed by atoms with Crippen LogP contribution >= 0.6 is 0 Å². The molecule has 1 amide bonds. The second-order valence-corrected chi connectivity index (χ2v) is 4.86. The highest BCUT2D eigenvalue weighted by Gasteiger charge is 2.48. The standard InChI is InChI=1S/C16H12FN3O2/c1-22-12-5-3-11(4-6-12)20-16(9-18)13-8-10(17)2-7-14(13)19-15(16)21/h2-8,20H,1H3,(H,19,21). The molecule has 0 saturated carbocycles. The van der Waals surface area contributed by atoms with Crippen molar-refractivity contribution in [3.05, 3.63) is 53.8 Å². The van der Waals surface area contributed by atoms with E-state index in [0.29, 0.717) is 17.1 Å². The Bertz CT molecular complexity index is 783. The lowest BCUT2D eigenvalue weighted by Gasteiger charge is -2.22. The lowest BCUT2D eigenvalue weighted by atomic mass is 9.92. The molecule has 0 bridgehead atoms. The van der Waals surface area contributed by atoms with Crippen LogP contribution in [0.15, 0.2) is 42.5 Å². The number of hydrogen-bond donors (Lipinski definition) is 2. The van der Waals surface area contributed by atoms with E-state index in [1.165, 1.54) is 18.2 Å². The highest BCUT2D eigenvalue weighted by molar-refractivity contribution is 6.09. The highest BCUT2D eigenvalue weighted by Crippen LogP contribution is 2.38. The van der Waals surface area contributed by atoms with Gasteiger partial charge < -0.3 is 15.4 Å².